The first-order valence-electron chi connectivity index (χ1n) is 7.67. The summed E-state index contributed by atoms with van der Waals surface area (Å²) in [6, 6.07) is 6.19. The molecule has 1 heterocycles. The van der Waals surface area contributed by atoms with E-state index in [2.05, 4.69) is 10.6 Å². The van der Waals surface area contributed by atoms with E-state index < -0.39 is 29.6 Å². The van der Waals surface area contributed by atoms with Gasteiger partial charge in [0.05, 0.1) is 13.0 Å². The maximum Gasteiger partial charge on any atom is 0.408 e. The number of para-hydroxylation sites is 1. The molecule has 1 aliphatic rings. The number of rotatable bonds is 3. The lowest BCUT2D eigenvalue weighted by Gasteiger charge is -2.30. The van der Waals surface area contributed by atoms with Crippen molar-refractivity contribution in [1.82, 2.24) is 5.32 Å². The van der Waals surface area contributed by atoms with E-state index in [1.54, 1.807) is 26.8 Å². The summed E-state index contributed by atoms with van der Waals surface area (Å²) in [5, 5.41) is 5.21. The molecule has 0 fully saturated rings. The van der Waals surface area contributed by atoms with Gasteiger partial charge >= 0.3 is 12.1 Å². The number of nitrogens with one attached hydrogen (secondary N) is 2. The van der Waals surface area contributed by atoms with Gasteiger partial charge in [-0.15, -0.1) is 0 Å². The highest BCUT2D eigenvalue weighted by Crippen LogP contribution is 2.27. The number of methoxy groups -OCH3 is 1. The molecule has 7 heteroatoms. The second kappa shape index (κ2) is 6.90. The summed E-state index contributed by atoms with van der Waals surface area (Å²) in [6.45, 7) is 5.13. The third-order valence-electron chi connectivity index (χ3n) is 3.58. The zero-order valence-electron chi connectivity index (χ0n) is 14.2. The average Bonchev–Trinajstić information content (AvgIpc) is 2.49. The lowest BCUT2D eigenvalue weighted by atomic mass is 9.87. The van der Waals surface area contributed by atoms with Crippen molar-refractivity contribution in [3.8, 4) is 0 Å². The van der Waals surface area contributed by atoms with Gasteiger partial charge in [-0.2, -0.15) is 0 Å². The molecule has 1 aromatic carbocycles. The Bertz CT molecular complexity index is 651. The number of carbonyl (C=O) groups is 3. The fraction of sp³-hybridized carbons (Fsp3) is 0.471. The molecule has 0 unspecified atom stereocenters. The van der Waals surface area contributed by atoms with Gasteiger partial charge in [-0.05, 0) is 38.8 Å². The normalized spacial score (nSPS) is 18.0. The van der Waals surface area contributed by atoms with Crippen LogP contribution in [-0.4, -0.2) is 36.7 Å². The molecule has 0 bridgehead atoms. The Balaban J connectivity index is 2.21. The van der Waals surface area contributed by atoms with Gasteiger partial charge in [-0.3, -0.25) is 4.79 Å². The number of fused-ring (bicyclic) bond motifs is 1. The van der Waals surface area contributed by atoms with Gasteiger partial charge in [0, 0.05) is 5.69 Å². The summed E-state index contributed by atoms with van der Waals surface area (Å²) in [7, 11) is 1.21. The molecule has 0 saturated heterocycles. The maximum absolute atomic E-state index is 12.4. The molecule has 0 saturated carbocycles. The molecule has 2 rings (SSSR count). The second-order valence-electron chi connectivity index (χ2n) is 6.60. The van der Waals surface area contributed by atoms with Gasteiger partial charge in [0.15, 0.2) is 0 Å². The zero-order chi connectivity index (χ0) is 17.9. The van der Waals surface area contributed by atoms with Crippen LogP contribution < -0.4 is 10.6 Å². The number of hydrogen-bond acceptors (Lipinski definition) is 5. The van der Waals surface area contributed by atoms with Crippen LogP contribution in [0.15, 0.2) is 24.3 Å². The number of alkyl carbamates (subject to hydrolysis) is 1. The maximum atomic E-state index is 12.4. The molecule has 0 spiro atoms. The van der Waals surface area contributed by atoms with Crippen molar-refractivity contribution < 1.29 is 23.9 Å². The number of benzene rings is 1. The van der Waals surface area contributed by atoms with Gasteiger partial charge in [-0.1, -0.05) is 18.2 Å². The van der Waals surface area contributed by atoms with Crippen molar-refractivity contribution in [2.45, 2.75) is 38.8 Å². The Hall–Kier alpha value is -2.57. The average molecular weight is 334 g/mol. The molecule has 24 heavy (non-hydrogen) atoms. The largest absolute Gasteiger partial charge is 0.467 e. The molecular formula is C17H22N2O5. The molecule has 1 aliphatic heterocycles. The van der Waals surface area contributed by atoms with Crippen LogP contribution in [0.3, 0.4) is 0 Å². The predicted octanol–water partition coefficient (Wildman–Crippen LogP) is 1.86. The molecule has 2 amide bonds. The third kappa shape index (κ3) is 4.24. The number of anilines is 1. The summed E-state index contributed by atoms with van der Waals surface area (Å²) in [4.78, 5) is 36.5. The van der Waals surface area contributed by atoms with E-state index >= 15 is 0 Å². The highest BCUT2D eigenvalue weighted by atomic mass is 16.6. The SMILES string of the molecule is COC(=O)[C@H](NC(=O)OC(C)(C)C)[C@H]1Cc2ccccc2NC1=O. The molecule has 7 nitrogen and oxygen atoms in total. The lowest BCUT2D eigenvalue weighted by Crippen LogP contribution is -2.53. The zero-order valence-corrected chi connectivity index (χ0v) is 14.2. The molecule has 130 valence electrons. The quantitative estimate of drug-likeness (QED) is 0.823. The van der Waals surface area contributed by atoms with Gasteiger partial charge in [0.2, 0.25) is 5.91 Å². The fourth-order valence-electron chi connectivity index (χ4n) is 2.53. The number of hydrogen-bond donors (Lipinski definition) is 2. The standard InChI is InChI=1S/C17H22N2O5/c1-17(2,3)24-16(22)19-13(15(21)23-4)11-9-10-7-5-6-8-12(10)18-14(11)20/h5-8,11,13H,9H2,1-4H3,(H,18,20)(H,19,22)/t11-,13-/m1/s1. The summed E-state index contributed by atoms with van der Waals surface area (Å²) in [6.07, 6.45) is -0.457. The smallest absolute Gasteiger partial charge is 0.408 e. The highest BCUT2D eigenvalue weighted by Gasteiger charge is 2.39. The predicted molar refractivity (Wildman–Crippen MR) is 87.4 cm³/mol. The van der Waals surface area contributed by atoms with Gasteiger partial charge in [0.25, 0.3) is 0 Å². The van der Waals surface area contributed by atoms with Crippen molar-refractivity contribution in [2.75, 3.05) is 12.4 Å². The van der Waals surface area contributed by atoms with Gasteiger partial charge in [0.1, 0.15) is 11.6 Å². The Morgan fingerprint density at radius 3 is 2.58 bits per heavy atom. The molecule has 0 aliphatic carbocycles. The Morgan fingerprint density at radius 1 is 1.29 bits per heavy atom. The lowest BCUT2D eigenvalue weighted by molar-refractivity contribution is -0.146. The monoisotopic (exact) mass is 334 g/mol. The first-order valence-corrected chi connectivity index (χ1v) is 7.67. The van der Waals surface area contributed by atoms with E-state index in [0.29, 0.717) is 12.1 Å². The summed E-state index contributed by atoms with van der Waals surface area (Å²) in [5.41, 5.74) is 0.883. The minimum atomic E-state index is -1.13. The van der Waals surface area contributed by atoms with Crippen molar-refractivity contribution in [3.63, 3.8) is 0 Å². The molecular weight excluding hydrogens is 312 g/mol. The van der Waals surface area contributed by atoms with Crippen molar-refractivity contribution in [3.05, 3.63) is 29.8 Å². The molecule has 2 N–H and O–H groups in total. The van der Waals surface area contributed by atoms with E-state index in [1.165, 1.54) is 7.11 Å². The van der Waals surface area contributed by atoms with Gasteiger partial charge < -0.3 is 20.1 Å². The summed E-state index contributed by atoms with van der Waals surface area (Å²) >= 11 is 0. The van der Waals surface area contributed by atoms with Crippen LogP contribution in [-0.2, 0) is 25.5 Å². The topological polar surface area (TPSA) is 93.7 Å². The van der Waals surface area contributed by atoms with Crippen molar-refractivity contribution >= 4 is 23.7 Å². The van der Waals surface area contributed by atoms with E-state index in [-0.39, 0.29) is 5.91 Å². The van der Waals surface area contributed by atoms with Crippen LogP contribution in [0.1, 0.15) is 26.3 Å². The number of esters is 1. The van der Waals surface area contributed by atoms with E-state index in [1.807, 2.05) is 18.2 Å². The molecule has 1 aromatic rings. The first kappa shape index (κ1) is 17.8. The fourth-order valence-corrected chi connectivity index (χ4v) is 2.53. The van der Waals surface area contributed by atoms with E-state index in [4.69, 9.17) is 9.47 Å². The Kier molecular flexibility index (Phi) is 5.11. The van der Waals surface area contributed by atoms with E-state index in [9.17, 15) is 14.4 Å². The number of ether oxygens (including phenoxy) is 2. The van der Waals surface area contributed by atoms with Gasteiger partial charge in [-0.25, -0.2) is 9.59 Å². The molecule has 0 radical (unpaired) electrons. The highest BCUT2D eigenvalue weighted by molar-refractivity contribution is 5.99. The van der Waals surface area contributed by atoms with Crippen LogP contribution in [0.4, 0.5) is 10.5 Å². The van der Waals surface area contributed by atoms with Crippen LogP contribution >= 0.6 is 0 Å². The van der Waals surface area contributed by atoms with Crippen LogP contribution in [0.25, 0.3) is 0 Å². The van der Waals surface area contributed by atoms with Crippen LogP contribution in [0.2, 0.25) is 0 Å². The van der Waals surface area contributed by atoms with Crippen LogP contribution in [0.5, 0.6) is 0 Å². The molecule has 0 aromatic heterocycles. The van der Waals surface area contributed by atoms with E-state index in [0.717, 1.165) is 5.56 Å². The number of carbonyl (C=O) groups excluding carboxylic acids is 3. The third-order valence-corrected chi connectivity index (χ3v) is 3.58. The van der Waals surface area contributed by atoms with Crippen molar-refractivity contribution in [1.29, 1.82) is 0 Å². The Morgan fingerprint density at radius 2 is 1.96 bits per heavy atom. The minimum Gasteiger partial charge on any atom is -0.467 e. The summed E-state index contributed by atoms with van der Waals surface area (Å²) in [5.74, 6) is -1.82. The second-order valence-corrected chi connectivity index (χ2v) is 6.60. The number of amides is 2. The van der Waals surface area contributed by atoms with Crippen molar-refractivity contribution in [2.24, 2.45) is 5.92 Å². The molecule has 2 atom stereocenters. The summed E-state index contributed by atoms with van der Waals surface area (Å²) < 4.78 is 9.91. The first-order chi connectivity index (χ1) is 11.2. The Labute approximate surface area is 140 Å². The van der Waals surface area contributed by atoms with Crippen LogP contribution in [0, 0.1) is 5.92 Å². The minimum absolute atomic E-state index is 0.317.